The van der Waals surface area contributed by atoms with Crippen LogP contribution >= 0.6 is 17.0 Å². The minimum atomic E-state index is -0.826. The first-order valence-corrected chi connectivity index (χ1v) is 26.1. The fourth-order valence-corrected chi connectivity index (χ4v) is 4.51. The summed E-state index contributed by atoms with van der Waals surface area (Å²) in [5.41, 5.74) is 7.89. The average molecular weight is 689 g/mol. The van der Waals surface area contributed by atoms with Gasteiger partial charge >= 0.3 is 37.9 Å². The van der Waals surface area contributed by atoms with Crippen LogP contribution in [0.4, 0.5) is 0 Å². The van der Waals surface area contributed by atoms with Gasteiger partial charge in [-0.25, -0.2) is 0 Å². The topological polar surface area (TPSA) is 0 Å². The summed E-state index contributed by atoms with van der Waals surface area (Å²) in [6.07, 6.45) is 0. The summed E-state index contributed by atoms with van der Waals surface area (Å²) in [4.78, 5) is 0. The number of aryl methyl sites for hydroxylation is 2. The van der Waals surface area contributed by atoms with Crippen LogP contribution in [0.25, 0.3) is 43.8 Å². The molecule has 0 bridgehead atoms. The Morgan fingerprint density at radius 2 is 0.927 bits per heavy atom. The van der Waals surface area contributed by atoms with Gasteiger partial charge in [0.2, 0.25) is 0 Å². The monoisotopic (exact) mass is 686 g/mol. The van der Waals surface area contributed by atoms with Gasteiger partial charge in [-0.3, -0.25) is 0 Å². The molecule has 0 aliphatic heterocycles. The zero-order valence-corrected chi connectivity index (χ0v) is 30.8. The van der Waals surface area contributed by atoms with Crippen molar-refractivity contribution in [3.8, 4) is 22.3 Å². The van der Waals surface area contributed by atoms with E-state index in [-0.39, 0.29) is 0 Å². The second-order valence-corrected chi connectivity index (χ2v) is 25.7. The number of hydrogen-bond donors (Lipinski definition) is 0. The van der Waals surface area contributed by atoms with E-state index in [1.54, 1.807) is 0 Å². The molecule has 0 N–H and O–H groups in total. The molecule has 0 aliphatic carbocycles. The normalized spacial score (nSPS) is 10.4. The molecule has 41 heavy (non-hydrogen) atoms. The molecule has 0 fully saturated rings. The first-order chi connectivity index (χ1) is 19.7. The predicted octanol–water partition coefficient (Wildman–Crippen LogP) is 12.0. The number of rotatable bonds is 3. The van der Waals surface area contributed by atoms with E-state index in [0.717, 1.165) is 0 Å². The first-order valence-electron chi connectivity index (χ1n) is 13.7. The first kappa shape index (κ1) is 33.5. The Bertz CT molecular complexity index is 1500. The molecule has 0 amide bonds. The molecule has 208 valence electrons. The standard InChI is InChI=1S/2C16H13.C4H12Si2.2ClH.Zr/c2*1-12-10-14-8-5-9-15(16(14)11-12)13-6-3-2-4-7-13;1-5-6(2,3)4;;;/h2*2-11H,1H3;1-4H3;2*1H;/q2*-1;;;;+4/p-2. The summed E-state index contributed by atoms with van der Waals surface area (Å²) in [5.74, 6) is 0. The predicted molar refractivity (Wildman–Crippen MR) is 186 cm³/mol. The summed E-state index contributed by atoms with van der Waals surface area (Å²) in [7, 11) is 10.5. The maximum absolute atomic E-state index is 4.93. The molecule has 0 nitrogen and oxygen atoms in total. The average Bonchev–Trinajstić information content (AvgIpc) is 3.55. The molecule has 0 saturated carbocycles. The van der Waals surface area contributed by atoms with Gasteiger partial charge in [0, 0.05) is 16.6 Å². The van der Waals surface area contributed by atoms with Crippen molar-refractivity contribution < 1.29 is 20.8 Å². The van der Waals surface area contributed by atoms with Crippen LogP contribution in [0.1, 0.15) is 11.1 Å². The van der Waals surface area contributed by atoms with E-state index >= 15 is 0 Å². The van der Waals surface area contributed by atoms with Crippen LogP contribution in [0.2, 0.25) is 26.2 Å². The summed E-state index contributed by atoms with van der Waals surface area (Å²) in [6, 6.07) is 43.1. The van der Waals surface area contributed by atoms with Gasteiger partial charge in [0.25, 0.3) is 0 Å². The van der Waals surface area contributed by atoms with Crippen LogP contribution in [0.3, 0.4) is 0 Å². The Hall–Kier alpha value is -2.00. The van der Waals surface area contributed by atoms with E-state index in [2.05, 4.69) is 161 Å². The summed E-state index contributed by atoms with van der Waals surface area (Å²) < 4.78 is 0. The van der Waals surface area contributed by atoms with E-state index in [0.29, 0.717) is 0 Å². The third-order valence-corrected chi connectivity index (χ3v) is 12.7. The van der Waals surface area contributed by atoms with Crippen LogP contribution in [0.15, 0.2) is 121 Å². The van der Waals surface area contributed by atoms with Crippen LogP contribution in [-0.4, -0.2) is 16.6 Å². The van der Waals surface area contributed by atoms with Gasteiger partial charge in [-0.05, 0) is 11.1 Å². The molecule has 6 aromatic carbocycles. The van der Waals surface area contributed by atoms with Crippen molar-refractivity contribution >= 4 is 55.2 Å². The Balaban J connectivity index is 0.000000176. The van der Waals surface area contributed by atoms with E-state index < -0.39 is 28.4 Å². The molecule has 0 aromatic heterocycles. The van der Waals surface area contributed by atoms with Crippen molar-refractivity contribution in [3.05, 3.63) is 132 Å². The molecule has 5 heteroatoms. The van der Waals surface area contributed by atoms with Gasteiger partial charge in [0.15, 0.2) is 0 Å². The van der Waals surface area contributed by atoms with Gasteiger partial charge in [-0.1, -0.05) is 124 Å². The second-order valence-electron chi connectivity index (χ2n) is 11.0. The number of fused-ring (bicyclic) bond motifs is 2. The number of halogens is 2. The SMILES string of the molecule is C[Si][Si](C)(C)C.Cc1cc2c(-c3ccccc3)cccc2[cH-]1.Cc1cc2c(-c3ccccc3)cccc2[cH-]1.[Cl][Zr+2][Cl]. The molecule has 0 saturated heterocycles. The van der Waals surface area contributed by atoms with E-state index in [4.69, 9.17) is 17.0 Å². The van der Waals surface area contributed by atoms with Crippen LogP contribution in [0.5, 0.6) is 0 Å². The molecular weight excluding hydrogens is 651 g/mol. The van der Waals surface area contributed by atoms with Crippen molar-refractivity contribution in [2.75, 3.05) is 0 Å². The second kappa shape index (κ2) is 16.6. The zero-order valence-electron chi connectivity index (χ0n) is 24.8. The van der Waals surface area contributed by atoms with Crippen LogP contribution < -0.4 is 0 Å². The zero-order chi connectivity index (χ0) is 29.8. The van der Waals surface area contributed by atoms with Gasteiger partial charge in [-0.2, -0.15) is 12.1 Å². The van der Waals surface area contributed by atoms with Crippen molar-refractivity contribution in [2.45, 2.75) is 40.0 Å². The van der Waals surface area contributed by atoms with Crippen LogP contribution in [-0.2, 0) is 20.8 Å². The van der Waals surface area contributed by atoms with Crippen molar-refractivity contribution in [2.24, 2.45) is 0 Å². The molecule has 0 unspecified atom stereocenters. The molecule has 0 atom stereocenters. The van der Waals surface area contributed by atoms with E-state index in [9.17, 15) is 0 Å². The Labute approximate surface area is 268 Å². The van der Waals surface area contributed by atoms with Crippen molar-refractivity contribution in [3.63, 3.8) is 0 Å². The molecule has 6 rings (SSSR count). The minimum absolute atomic E-state index is 0.603. The Morgan fingerprint density at radius 3 is 1.24 bits per heavy atom. The van der Waals surface area contributed by atoms with E-state index in [1.807, 2.05) is 0 Å². The number of hydrogen-bond acceptors (Lipinski definition) is 0. The van der Waals surface area contributed by atoms with Gasteiger partial charge in [0.05, 0.1) is 0 Å². The summed E-state index contributed by atoms with van der Waals surface area (Å²) in [6.45, 7) is 13.8. The molecule has 6 aromatic rings. The number of benzene rings is 4. The van der Waals surface area contributed by atoms with Crippen molar-refractivity contribution in [1.29, 1.82) is 0 Å². The van der Waals surface area contributed by atoms with Gasteiger partial charge in [-0.15, -0.1) is 69.1 Å². The van der Waals surface area contributed by atoms with Crippen LogP contribution in [0, 0.1) is 13.8 Å². The quantitative estimate of drug-likeness (QED) is 0.128. The maximum atomic E-state index is 4.93. The van der Waals surface area contributed by atoms with E-state index in [1.165, 1.54) is 64.0 Å². The molecular formula is C36H38Cl2Si2Zr. The molecule has 2 radical (unpaired) electrons. The molecule has 0 aliphatic rings. The molecule has 0 spiro atoms. The van der Waals surface area contributed by atoms with Gasteiger partial charge in [0.1, 0.15) is 0 Å². The van der Waals surface area contributed by atoms with Gasteiger partial charge < -0.3 is 0 Å². The third-order valence-electron chi connectivity index (χ3n) is 6.71. The Kier molecular flexibility index (Phi) is 13.6. The summed E-state index contributed by atoms with van der Waals surface area (Å²) >= 11 is -0.826. The summed E-state index contributed by atoms with van der Waals surface area (Å²) in [5, 5.41) is 5.37. The van der Waals surface area contributed by atoms with Crippen molar-refractivity contribution in [1.82, 2.24) is 0 Å². The Morgan fingerprint density at radius 1 is 0.585 bits per heavy atom. The third kappa shape index (κ3) is 10.3. The fraction of sp³-hybridized carbons (Fsp3) is 0.167. The molecule has 0 heterocycles. The fourth-order valence-electron chi connectivity index (χ4n) is 4.51.